The van der Waals surface area contributed by atoms with Crippen molar-refractivity contribution in [3.05, 3.63) is 37.7 Å². The number of aliphatic hydroxyl groups is 1. The van der Waals surface area contributed by atoms with Gasteiger partial charge in [-0.3, -0.25) is 10.1 Å². The van der Waals surface area contributed by atoms with Crippen LogP contribution in [0.3, 0.4) is 0 Å². The molecule has 1 heterocycles. The highest BCUT2D eigenvalue weighted by Gasteiger charge is 2.24. The van der Waals surface area contributed by atoms with E-state index in [-0.39, 0.29) is 16.6 Å². The first-order chi connectivity index (χ1) is 9.29. The number of allylic oxidation sites excluding steroid dienone is 1. The van der Waals surface area contributed by atoms with Crippen molar-refractivity contribution >= 4 is 33.7 Å². The number of nitro groups is 1. The quantitative estimate of drug-likeness (QED) is 0.466. The van der Waals surface area contributed by atoms with Crippen molar-refractivity contribution in [1.29, 1.82) is 5.41 Å². The average Bonchev–Trinajstić information content (AvgIpc) is 2.86. The van der Waals surface area contributed by atoms with Crippen LogP contribution in [0.5, 0.6) is 0 Å². The fourth-order valence-corrected chi connectivity index (χ4v) is 2.91. The molecule has 0 amide bonds. The smallest absolute Gasteiger partial charge is 0.324 e. The van der Waals surface area contributed by atoms with Crippen molar-refractivity contribution in [3.63, 3.8) is 0 Å². The summed E-state index contributed by atoms with van der Waals surface area (Å²) in [6, 6.07) is 2.84. The zero-order valence-electron chi connectivity index (χ0n) is 11.5. The van der Waals surface area contributed by atoms with E-state index in [2.05, 4.69) is 0 Å². The first kappa shape index (κ1) is 16.8. The molecule has 0 radical (unpaired) electrons. The van der Waals surface area contributed by atoms with Gasteiger partial charge in [-0.25, -0.2) is 0 Å². The van der Waals surface area contributed by atoms with Crippen molar-refractivity contribution in [3.8, 4) is 0 Å². The number of aliphatic hydroxyl groups excluding tert-OH is 1. The summed E-state index contributed by atoms with van der Waals surface area (Å²) in [6.45, 7) is 5.42. The number of halogens is 1. The molecule has 0 aliphatic rings. The summed E-state index contributed by atoms with van der Waals surface area (Å²) >= 11 is 7.15. The van der Waals surface area contributed by atoms with Crippen molar-refractivity contribution in [2.75, 3.05) is 0 Å². The molecule has 1 aromatic rings. The lowest BCUT2D eigenvalue weighted by atomic mass is 9.97. The Kier molecular flexibility index (Phi) is 5.86. The third-order valence-electron chi connectivity index (χ3n) is 3.04. The summed E-state index contributed by atoms with van der Waals surface area (Å²) in [5, 5.41) is 29.2. The van der Waals surface area contributed by atoms with E-state index in [0.717, 1.165) is 17.8 Å². The Morgan fingerprint density at radius 1 is 1.60 bits per heavy atom. The van der Waals surface area contributed by atoms with Gasteiger partial charge in [0.15, 0.2) is 0 Å². The molecular formula is C13H17ClN2O3S. The summed E-state index contributed by atoms with van der Waals surface area (Å²) in [4.78, 5) is 10.6. The van der Waals surface area contributed by atoms with Gasteiger partial charge in [-0.2, -0.15) is 0 Å². The molecule has 2 atom stereocenters. The van der Waals surface area contributed by atoms with Crippen molar-refractivity contribution in [1.82, 2.24) is 0 Å². The van der Waals surface area contributed by atoms with E-state index in [9.17, 15) is 15.2 Å². The fraction of sp³-hybridized carbons (Fsp3) is 0.462. The van der Waals surface area contributed by atoms with Crippen LogP contribution < -0.4 is 0 Å². The van der Waals surface area contributed by atoms with Crippen LogP contribution >= 0.6 is 22.9 Å². The van der Waals surface area contributed by atoms with Crippen LogP contribution in [0.4, 0.5) is 5.00 Å². The molecule has 0 saturated carbocycles. The topological polar surface area (TPSA) is 87.2 Å². The molecule has 0 bridgehead atoms. The molecule has 0 aliphatic carbocycles. The molecule has 0 saturated heterocycles. The molecule has 1 aromatic heterocycles. The molecule has 2 unspecified atom stereocenters. The Bertz CT molecular complexity index is 554. The molecule has 7 heteroatoms. The minimum atomic E-state index is -1.10. The minimum Gasteiger partial charge on any atom is -0.383 e. The van der Waals surface area contributed by atoms with Crippen LogP contribution in [-0.2, 0) is 0 Å². The van der Waals surface area contributed by atoms with Gasteiger partial charge in [0.1, 0.15) is 6.10 Å². The SMILES string of the molecule is CCC(C)/C(Cl)=C(\C(C)=N)C(O)c1ccc([N+](=O)[O-])s1. The first-order valence-corrected chi connectivity index (χ1v) is 7.36. The Morgan fingerprint density at radius 2 is 2.20 bits per heavy atom. The lowest BCUT2D eigenvalue weighted by Crippen LogP contribution is -2.11. The standard InChI is InChI=1S/C13H17ClN2O3S/c1-4-7(2)12(14)11(8(3)15)13(17)9-5-6-10(20-9)16(18)19/h5-7,13,15,17H,4H2,1-3H3/b12-11-,15-8?. The Balaban J connectivity index is 3.21. The fourth-order valence-electron chi connectivity index (χ4n) is 1.69. The van der Waals surface area contributed by atoms with E-state index < -0.39 is 11.0 Å². The van der Waals surface area contributed by atoms with Gasteiger partial charge in [0.2, 0.25) is 0 Å². The van der Waals surface area contributed by atoms with E-state index in [4.69, 9.17) is 17.0 Å². The van der Waals surface area contributed by atoms with Gasteiger partial charge < -0.3 is 10.5 Å². The van der Waals surface area contributed by atoms with E-state index in [1.165, 1.54) is 12.1 Å². The number of hydrogen-bond acceptors (Lipinski definition) is 5. The van der Waals surface area contributed by atoms with Gasteiger partial charge >= 0.3 is 5.00 Å². The second-order valence-corrected chi connectivity index (χ2v) is 6.03. The highest BCUT2D eigenvalue weighted by molar-refractivity contribution is 7.15. The average molecular weight is 317 g/mol. The van der Waals surface area contributed by atoms with Crippen LogP contribution in [0.2, 0.25) is 0 Å². The van der Waals surface area contributed by atoms with E-state index >= 15 is 0 Å². The number of rotatable bonds is 6. The van der Waals surface area contributed by atoms with E-state index in [1.807, 2.05) is 13.8 Å². The molecule has 0 aliphatic heterocycles. The number of nitrogens with zero attached hydrogens (tertiary/aromatic N) is 1. The highest BCUT2D eigenvalue weighted by atomic mass is 35.5. The lowest BCUT2D eigenvalue weighted by molar-refractivity contribution is -0.380. The predicted molar refractivity (Wildman–Crippen MR) is 81.7 cm³/mol. The second kappa shape index (κ2) is 6.97. The van der Waals surface area contributed by atoms with Gasteiger partial charge in [-0.15, -0.1) is 0 Å². The monoisotopic (exact) mass is 316 g/mol. The van der Waals surface area contributed by atoms with Crippen LogP contribution in [0, 0.1) is 21.4 Å². The largest absolute Gasteiger partial charge is 0.383 e. The van der Waals surface area contributed by atoms with Gasteiger partial charge in [-0.1, -0.05) is 36.8 Å². The normalized spacial score (nSPS) is 15.4. The molecule has 20 heavy (non-hydrogen) atoms. The van der Waals surface area contributed by atoms with E-state index in [1.54, 1.807) is 6.92 Å². The van der Waals surface area contributed by atoms with E-state index in [0.29, 0.717) is 15.5 Å². The number of hydrogen-bond donors (Lipinski definition) is 2. The lowest BCUT2D eigenvalue weighted by Gasteiger charge is -2.18. The minimum absolute atomic E-state index is 0.0246. The third kappa shape index (κ3) is 3.65. The zero-order valence-corrected chi connectivity index (χ0v) is 13.1. The maximum absolute atomic E-state index is 10.7. The third-order valence-corrected chi connectivity index (χ3v) is 4.71. The Labute approximate surface area is 126 Å². The van der Waals surface area contributed by atoms with Crippen molar-refractivity contribution < 1.29 is 10.0 Å². The highest BCUT2D eigenvalue weighted by Crippen LogP contribution is 2.36. The zero-order chi connectivity index (χ0) is 15.4. The molecular weight excluding hydrogens is 300 g/mol. The summed E-state index contributed by atoms with van der Waals surface area (Å²) in [7, 11) is 0. The van der Waals surface area contributed by atoms with Crippen LogP contribution in [0.25, 0.3) is 0 Å². The maximum atomic E-state index is 10.7. The molecule has 2 N–H and O–H groups in total. The summed E-state index contributed by atoms with van der Waals surface area (Å²) < 4.78 is 0. The van der Waals surface area contributed by atoms with Crippen molar-refractivity contribution in [2.24, 2.45) is 5.92 Å². The molecule has 5 nitrogen and oxygen atoms in total. The summed E-state index contributed by atoms with van der Waals surface area (Å²) in [5.74, 6) is 0.0246. The number of thiophene rings is 1. The predicted octanol–water partition coefficient (Wildman–Crippen LogP) is 4.27. The number of nitrogens with one attached hydrogen (secondary N) is 1. The maximum Gasteiger partial charge on any atom is 0.324 e. The first-order valence-electron chi connectivity index (χ1n) is 6.16. The molecule has 0 fully saturated rings. The van der Waals surface area contributed by atoms with Gasteiger partial charge in [0.05, 0.1) is 4.92 Å². The Hall–Kier alpha value is -1.24. The van der Waals surface area contributed by atoms with Crippen molar-refractivity contribution in [2.45, 2.75) is 33.3 Å². The second-order valence-electron chi connectivity index (χ2n) is 4.53. The van der Waals surface area contributed by atoms with Gasteiger partial charge in [0.25, 0.3) is 0 Å². The molecule has 1 rings (SSSR count). The molecule has 110 valence electrons. The van der Waals surface area contributed by atoms with Crippen LogP contribution in [0.15, 0.2) is 22.7 Å². The summed E-state index contributed by atoms with van der Waals surface area (Å²) in [5.41, 5.74) is 0.497. The summed E-state index contributed by atoms with van der Waals surface area (Å²) in [6.07, 6.45) is -0.319. The molecule has 0 spiro atoms. The molecule has 0 aromatic carbocycles. The Morgan fingerprint density at radius 3 is 2.60 bits per heavy atom. The van der Waals surface area contributed by atoms with Crippen LogP contribution in [-0.4, -0.2) is 15.7 Å². The van der Waals surface area contributed by atoms with Gasteiger partial charge in [-0.05, 0) is 25.3 Å². The van der Waals surface area contributed by atoms with Crippen LogP contribution in [0.1, 0.15) is 38.2 Å². The van der Waals surface area contributed by atoms with Gasteiger partial charge in [0, 0.05) is 27.3 Å².